The third-order valence-corrected chi connectivity index (χ3v) is 5.53. The Labute approximate surface area is 170 Å². The van der Waals surface area contributed by atoms with Gasteiger partial charge in [-0.25, -0.2) is 0 Å². The molecule has 0 saturated heterocycles. The van der Waals surface area contributed by atoms with Gasteiger partial charge in [0.2, 0.25) is 0 Å². The van der Waals surface area contributed by atoms with E-state index in [0.717, 1.165) is 19.3 Å². The van der Waals surface area contributed by atoms with Crippen molar-refractivity contribution in [2.24, 2.45) is 0 Å². The molecule has 0 radical (unpaired) electrons. The fourth-order valence-electron chi connectivity index (χ4n) is 3.72. The van der Waals surface area contributed by atoms with Crippen molar-refractivity contribution in [3.8, 4) is 0 Å². The lowest BCUT2D eigenvalue weighted by atomic mass is 10.0. The molecule has 0 fully saturated rings. The third kappa shape index (κ3) is 22.0. The predicted molar refractivity (Wildman–Crippen MR) is 119 cm³/mol. The molecule has 0 heterocycles. The maximum absolute atomic E-state index is 9.80. The van der Waals surface area contributed by atoms with Crippen LogP contribution in [0, 0.1) is 0 Å². The van der Waals surface area contributed by atoms with Crippen LogP contribution in [-0.2, 0) is 0 Å². The van der Waals surface area contributed by atoms with E-state index in [2.05, 4.69) is 12.2 Å². The van der Waals surface area contributed by atoms with Crippen LogP contribution in [-0.4, -0.2) is 22.7 Å². The molecule has 0 bridgehead atoms. The van der Waals surface area contributed by atoms with E-state index < -0.39 is 12.5 Å². The summed E-state index contributed by atoms with van der Waals surface area (Å²) in [6, 6.07) is 0. The van der Waals surface area contributed by atoms with Crippen molar-refractivity contribution < 1.29 is 10.2 Å². The molecule has 3 nitrogen and oxygen atoms in total. The van der Waals surface area contributed by atoms with E-state index in [-0.39, 0.29) is 0 Å². The molecule has 0 amide bonds. The van der Waals surface area contributed by atoms with Crippen LogP contribution in [0.5, 0.6) is 0 Å². The summed E-state index contributed by atoms with van der Waals surface area (Å²) in [6.45, 7) is 4.32. The van der Waals surface area contributed by atoms with E-state index in [0.29, 0.717) is 6.42 Å². The maximum atomic E-state index is 9.80. The van der Waals surface area contributed by atoms with Crippen LogP contribution in [0.4, 0.5) is 0 Å². The first-order chi connectivity index (χ1) is 13.2. The molecule has 3 N–H and O–H groups in total. The number of unbranched alkanes of at least 4 members (excludes halogenated alkanes) is 16. The SMILES string of the molecule is CCCCCCCCCCCCCCCCCCCC(O)NC(O)CCC. The highest BCUT2D eigenvalue weighted by atomic mass is 16.3. The average molecular weight is 386 g/mol. The van der Waals surface area contributed by atoms with Crippen molar-refractivity contribution in [3.05, 3.63) is 0 Å². The molecule has 0 aromatic carbocycles. The molecule has 0 aromatic rings. The summed E-state index contributed by atoms with van der Waals surface area (Å²) < 4.78 is 0. The predicted octanol–water partition coefficient (Wildman–Crippen LogP) is 7.05. The Balaban J connectivity index is 3.12. The Morgan fingerprint density at radius 3 is 1.15 bits per heavy atom. The first-order valence-corrected chi connectivity index (χ1v) is 12.3. The van der Waals surface area contributed by atoms with Crippen LogP contribution in [0.3, 0.4) is 0 Å². The zero-order chi connectivity index (χ0) is 20.0. The maximum Gasteiger partial charge on any atom is 0.106 e. The highest BCUT2D eigenvalue weighted by Crippen LogP contribution is 2.14. The van der Waals surface area contributed by atoms with E-state index in [1.807, 2.05) is 6.92 Å². The number of rotatable bonds is 22. The number of hydrogen-bond acceptors (Lipinski definition) is 3. The molecule has 3 heteroatoms. The molecule has 0 rings (SSSR count). The molecule has 0 aliphatic heterocycles. The van der Waals surface area contributed by atoms with Crippen LogP contribution in [0.25, 0.3) is 0 Å². The lowest BCUT2D eigenvalue weighted by Crippen LogP contribution is -2.37. The lowest BCUT2D eigenvalue weighted by molar-refractivity contribution is 0.0320. The van der Waals surface area contributed by atoms with Gasteiger partial charge < -0.3 is 10.2 Å². The lowest BCUT2D eigenvalue weighted by Gasteiger charge is -2.17. The molecule has 164 valence electrons. The Bertz CT molecular complexity index is 273. The largest absolute Gasteiger partial charge is 0.379 e. The van der Waals surface area contributed by atoms with Gasteiger partial charge in [0.25, 0.3) is 0 Å². The second-order valence-corrected chi connectivity index (χ2v) is 8.43. The van der Waals surface area contributed by atoms with Gasteiger partial charge in [-0.2, -0.15) is 0 Å². The third-order valence-electron chi connectivity index (χ3n) is 5.53. The van der Waals surface area contributed by atoms with Crippen molar-refractivity contribution in [2.75, 3.05) is 0 Å². The molecule has 0 spiro atoms. The minimum atomic E-state index is -0.559. The summed E-state index contributed by atoms with van der Waals surface area (Å²) in [4.78, 5) is 0. The van der Waals surface area contributed by atoms with Gasteiger partial charge in [-0.1, -0.05) is 123 Å². The van der Waals surface area contributed by atoms with Gasteiger partial charge in [-0.05, 0) is 19.3 Å². The highest BCUT2D eigenvalue weighted by molar-refractivity contribution is 4.58. The highest BCUT2D eigenvalue weighted by Gasteiger charge is 2.08. The Kier molecular flexibility index (Phi) is 22.1. The van der Waals surface area contributed by atoms with Gasteiger partial charge in [0, 0.05) is 0 Å². The van der Waals surface area contributed by atoms with Crippen LogP contribution in [0.15, 0.2) is 0 Å². The first kappa shape index (κ1) is 26.9. The number of nitrogens with one attached hydrogen (secondary N) is 1. The van der Waals surface area contributed by atoms with Gasteiger partial charge in [0.05, 0.1) is 0 Å². The summed E-state index contributed by atoms with van der Waals surface area (Å²) in [5, 5.41) is 22.2. The van der Waals surface area contributed by atoms with E-state index in [4.69, 9.17) is 0 Å². The summed E-state index contributed by atoms with van der Waals surface area (Å²) in [5.74, 6) is 0. The molecular formula is C24H51NO2. The van der Waals surface area contributed by atoms with Gasteiger partial charge >= 0.3 is 0 Å². The van der Waals surface area contributed by atoms with Gasteiger partial charge in [0.15, 0.2) is 0 Å². The van der Waals surface area contributed by atoms with Crippen LogP contribution >= 0.6 is 0 Å². The van der Waals surface area contributed by atoms with Crippen molar-refractivity contribution in [3.63, 3.8) is 0 Å². The average Bonchev–Trinajstić information content (AvgIpc) is 2.64. The summed E-state index contributed by atoms with van der Waals surface area (Å²) in [6.07, 6.45) is 24.6. The van der Waals surface area contributed by atoms with Crippen LogP contribution < -0.4 is 5.32 Å². The normalized spacial score (nSPS) is 13.8. The van der Waals surface area contributed by atoms with E-state index in [9.17, 15) is 10.2 Å². The molecule has 0 saturated carbocycles. The first-order valence-electron chi connectivity index (χ1n) is 12.3. The Hall–Kier alpha value is -0.120. The zero-order valence-corrected chi connectivity index (χ0v) is 18.7. The molecule has 2 atom stereocenters. The van der Waals surface area contributed by atoms with E-state index in [1.54, 1.807) is 0 Å². The molecular weight excluding hydrogens is 334 g/mol. The fraction of sp³-hybridized carbons (Fsp3) is 1.00. The zero-order valence-electron chi connectivity index (χ0n) is 18.7. The minimum Gasteiger partial charge on any atom is -0.379 e. The molecule has 0 aliphatic rings. The van der Waals surface area contributed by atoms with Crippen molar-refractivity contribution >= 4 is 0 Å². The summed E-state index contributed by atoms with van der Waals surface area (Å²) in [7, 11) is 0. The smallest absolute Gasteiger partial charge is 0.106 e. The van der Waals surface area contributed by atoms with Gasteiger partial charge in [-0.3, -0.25) is 5.32 Å². The van der Waals surface area contributed by atoms with Crippen molar-refractivity contribution in [2.45, 2.75) is 155 Å². The van der Waals surface area contributed by atoms with E-state index in [1.165, 1.54) is 103 Å². The topological polar surface area (TPSA) is 52.5 Å². The second-order valence-electron chi connectivity index (χ2n) is 8.43. The number of aliphatic hydroxyl groups is 2. The number of aliphatic hydroxyl groups excluding tert-OH is 2. The standard InChI is InChI=1S/C24H51NO2/c1-3-5-6-7-8-9-10-11-12-13-14-15-16-17-18-19-20-22-24(27)25-23(26)21-4-2/h23-27H,3-22H2,1-2H3. The fourth-order valence-corrected chi connectivity index (χ4v) is 3.72. The van der Waals surface area contributed by atoms with Crippen LogP contribution in [0.2, 0.25) is 0 Å². The quantitative estimate of drug-likeness (QED) is 0.138. The van der Waals surface area contributed by atoms with E-state index >= 15 is 0 Å². The van der Waals surface area contributed by atoms with Crippen molar-refractivity contribution in [1.29, 1.82) is 0 Å². The molecule has 0 aromatic heterocycles. The monoisotopic (exact) mass is 385 g/mol. The minimum absolute atomic E-state index is 0.553. The summed E-state index contributed by atoms with van der Waals surface area (Å²) >= 11 is 0. The number of hydrogen-bond donors (Lipinski definition) is 3. The Morgan fingerprint density at radius 2 is 0.778 bits per heavy atom. The van der Waals surface area contributed by atoms with Crippen LogP contribution in [0.1, 0.15) is 142 Å². The summed E-state index contributed by atoms with van der Waals surface area (Å²) in [5.41, 5.74) is 0. The van der Waals surface area contributed by atoms with Gasteiger partial charge in [0.1, 0.15) is 12.5 Å². The second kappa shape index (κ2) is 22.2. The molecule has 0 aliphatic carbocycles. The molecule has 27 heavy (non-hydrogen) atoms. The van der Waals surface area contributed by atoms with Gasteiger partial charge in [-0.15, -0.1) is 0 Å². The molecule has 2 unspecified atom stereocenters. The Morgan fingerprint density at radius 1 is 0.444 bits per heavy atom. The van der Waals surface area contributed by atoms with Crippen molar-refractivity contribution in [1.82, 2.24) is 5.32 Å².